The second-order valence-electron chi connectivity index (χ2n) is 2.94. The Kier molecular flexibility index (Phi) is 8.51. The highest BCUT2D eigenvalue weighted by Gasteiger charge is 2.09. The van der Waals surface area contributed by atoms with Crippen LogP contribution >= 0.6 is 0 Å². The normalized spacial score (nSPS) is 10.6. The lowest BCUT2D eigenvalue weighted by Crippen LogP contribution is -2.34. The molecule has 14 heavy (non-hydrogen) atoms. The summed E-state index contributed by atoms with van der Waals surface area (Å²) in [5.41, 5.74) is 0. The van der Waals surface area contributed by atoms with Crippen LogP contribution in [0.15, 0.2) is 0 Å². The van der Waals surface area contributed by atoms with Crippen molar-refractivity contribution in [1.82, 2.24) is 4.90 Å². The molecule has 2 N–H and O–H groups in total. The van der Waals surface area contributed by atoms with Gasteiger partial charge in [0.15, 0.2) is 0 Å². The molecule has 0 saturated carbocycles. The van der Waals surface area contributed by atoms with Crippen molar-refractivity contribution < 1.29 is 19.7 Å². The van der Waals surface area contributed by atoms with Gasteiger partial charge in [-0.15, -0.1) is 0 Å². The average molecular weight is 205 g/mol. The quantitative estimate of drug-likeness (QED) is 0.509. The lowest BCUT2D eigenvalue weighted by molar-refractivity contribution is -0.146. The first-order valence-corrected chi connectivity index (χ1v) is 4.84. The van der Waals surface area contributed by atoms with E-state index in [2.05, 4.69) is 0 Å². The average Bonchev–Trinajstić information content (AvgIpc) is 2.15. The second-order valence-corrected chi connectivity index (χ2v) is 2.94. The molecule has 5 heteroatoms. The molecule has 0 saturated heterocycles. The van der Waals surface area contributed by atoms with Crippen molar-refractivity contribution in [3.05, 3.63) is 0 Å². The SMILES string of the molecule is CCCN(CCO)CC(=O)OCCO. The molecule has 0 aliphatic heterocycles. The van der Waals surface area contributed by atoms with E-state index in [4.69, 9.17) is 14.9 Å². The predicted octanol–water partition coefficient (Wildman–Crippen LogP) is -0.774. The third-order valence-corrected chi connectivity index (χ3v) is 1.66. The topological polar surface area (TPSA) is 70.0 Å². The van der Waals surface area contributed by atoms with Crippen LogP contribution in [-0.2, 0) is 9.53 Å². The van der Waals surface area contributed by atoms with E-state index in [-0.39, 0.29) is 32.3 Å². The molecule has 0 amide bonds. The molecule has 0 unspecified atom stereocenters. The van der Waals surface area contributed by atoms with Gasteiger partial charge in [-0.1, -0.05) is 6.92 Å². The van der Waals surface area contributed by atoms with Crippen molar-refractivity contribution in [3.63, 3.8) is 0 Å². The summed E-state index contributed by atoms with van der Waals surface area (Å²) >= 11 is 0. The Hall–Kier alpha value is -0.650. The molecule has 0 bridgehead atoms. The number of nitrogens with zero attached hydrogens (tertiary/aromatic N) is 1. The lowest BCUT2D eigenvalue weighted by Gasteiger charge is -2.18. The van der Waals surface area contributed by atoms with Gasteiger partial charge in [0, 0.05) is 6.54 Å². The molecule has 0 spiro atoms. The third kappa shape index (κ3) is 6.82. The number of ether oxygens (including phenoxy) is 1. The van der Waals surface area contributed by atoms with E-state index in [1.807, 2.05) is 11.8 Å². The van der Waals surface area contributed by atoms with E-state index >= 15 is 0 Å². The maximum absolute atomic E-state index is 11.1. The Labute approximate surface area is 84.3 Å². The van der Waals surface area contributed by atoms with Crippen molar-refractivity contribution in [2.75, 3.05) is 39.5 Å². The van der Waals surface area contributed by atoms with Gasteiger partial charge in [0.25, 0.3) is 0 Å². The van der Waals surface area contributed by atoms with Crippen molar-refractivity contribution >= 4 is 5.97 Å². The molecule has 0 radical (unpaired) electrons. The Morgan fingerprint density at radius 3 is 2.50 bits per heavy atom. The number of aliphatic hydroxyl groups is 2. The van der Waals surface area contributed by atoms with Crippen molar-refractivity contribution in [2.45, 2.75) is 13.3 Å². The fourth-order valence-corrected chi connectivity index (χ4v) is 1.12. The molecule has 0 fully saturated rings. The predicted molar refractivity (Wildman–Crippen MR) is 51.9 cm³/mol. The fourth-order valence-electron chi connectivity index (χ4n) is 1.12. The molecule has 0 atom stereocenters. The number of hydrogen-bond donors (Lipinski definition) is 2. The first-order valence-electron chi connectivity index (χ1n) is 4.84. The zero-order valence-corrected chi connectivity index (χ0v) is 8.61. The fraction of sp³-hybridized carbons (Fsp3) is 0.889. The molecule has 0 aromatic heterocycles. The van der Waals surface area contributed by atoms with E-state index in [1.54, 1.807) is 0 Å². The minimum Gasteiger partial charge on any atom is -0.462 e. The van der Waals surface area contributed by atoms with Gasteiger partial charge in [-0.2, -0.15) is 0 Å². The first kappa shape index (κ1) is 13.4. The standard InChI is InChI=1S/C9H19NO4/c1-2-3-10(4-5-11)8-9(13)14-7-6-12/h11-12H,2-8H2,1H3. The number of carbonyl (C=O) groups excluding carboxylic acids is 1. The molecule has 0 aliphatic carbocycles. The summed E-state index contributed by atoms with van der Waals surface area (Å²) in [4.78, 5) is 12.9. The van der Waals surface area contributed by atoms with Crippen LogP contribution in [0.25, 0.3) is 0 Å². The zero-order chi connectivity index (χ0) is 10.8. The summed E-state index contributed by atoms with van der Waals surface area (Å²) in [5, 5.41) is 17.1. The highest BCUT2D eigenvalue weighted by atomic mass is 16.5. The van der Waals surface area contributed by atoms with Crippen LogP contribution in [0.1, 0.15) is 13.3 Å². The highest BCUT2D eigenvalue weighted by Crippen LogP contribution is 1.92. The summed E-state index contributed by atoms with van der Waals surface area (Å²) in [6.07, 6.45) is 0.924. The Bertz CT molecular complexity index is 146. The van der Waals surface area contributed by atoms with Gasteiger partial charge in [-0.25, -0.2) is 0 Å². The maximum atomic E-state index is 11.1. The molecular weight excluding hydrogens is 186 g/mol. The van der Waals surface area contributed by atoms with Crippen LogP contribution in [0.4, 0.5) is 0 Å². The van der Waals surface area contributed by atoms with E-state index < -0.39 is 0 Å². The Morgan fingerprint density at radius 1 is 1.29 bits per heavy atom. The smallest absolute Gasteiger partial charge is 0.320 e. The summed E-state index contributed by atoms with van der Waals surface area (Å²) < 4.78 is 4.70. The van der Waals surface area contributed by atoms with Crippen LogP contribution in [0.5, 0.6) is 0 Å². The molecule has 5 nitrogen and oxygen atoms in total. The third-order valence-electron chi connectivity index (χ3n) is 1.66. The van der Waals surface area contributed by atoms with Crippen molar-refractivity contribution in [2.24, 2.45) is 0 Å². The molecule has 0 aromatic carbocycles. The van der Waals surface area contributed by atoms with Gasteiger partial charge in [0.1, 0.15) is 6.61 Å². The van der Waals surface area contributed by atoms with Crippen LogP contribution in [0, 0.1) is 0 Å². The number of aliphatic hydroxyl groups excluding tert-OH is 2. The van der Waals surface area contributed by atoms with E-state index in [9.17, 15) is 4.79 Å². The van der Waals surface area contributed by atoms with Gasteiger partial charge in [0.2, 0.25) is 0 Å². The van der Waals surface area contributed by atoms with Gasteiger partial charge in [-0.3, -0.25) is 9.69 Å². The molecule has 0 rings (SSSR count). The minimum atomic E-state index is -0.360. The van der Waals surface area contributed by atoms with Crippen LogP contribution in [-0.4, -0.2) is 60.5 Å². The Morgan fingerprint density at radius 2 is 2.00 bits per heavy atom. The van der Waals surface area contributed by atoms with Gasteiger partial charge < -0.3 is 14.9 Å². The lowest BCUT2D eigenvalue weighted by atomic mass is 10.4. The van der Waals surface area contributed by atoms with Crippen molar-refractivity contribution in [3.8, 4) is 0 Å². The maximum Gasteiger partial charge on any atom is 0.320 e. The van der Waals surface area contributed by atoms with Gasteiger partial charge in [0.05, 0.1) is 19.8 Å². The summed E-state index contributed by atoms with van der Waals surface area (Å²) in [5.74, 6) is -0.360. The number of esters is 1. The van der Waals surface area contributed by atoms with E-state index in [0.717, 1.165) is 13.0 Å². The van der Waals surface area contributed by atoms with Gasteiger partial charge >= 0.3 is 5.97 Å². The highest BCUT2D eigenvalue weighted by molar-refractivity contribution is 5.71. The van der Waals surface area contributed by atoms with E-state index in [1.165, 1.54) is 0 Å². The molecule has 0 aromatic rings. The van der Waals surface area contributed by atoms with Crippen LogP contribution in [0.2, 0.25) is 0 Å². The minimum absolute atomic E-state index is 0.0350. The summed E-state index contributed by atoms with van der Waals surface area (Å²) in [7, 11) is 0. The second kappa shape index (κ2) is 8.93. The van der Waals surface area contributed by atoms with Gasteiger partial charge in [-0.05, 0) is 13.0 Å². The molecule has 84 valence electrons. The molecular formula is C9H19NO4. The van der Waals surface area contributed by atoms with E-state index in [0.29, 0.717) is 6.54 Å². The zero-order valence-electron chi connectivity index (χ0n) is 8.61. The van der Waals surface area contributed by atoms with Crippen molar-refractivity contribution in [1.29, 1.82) is 0 Å². The largest absolute Gasteiger partial charge is 0.462 e. The summed E-state index contributed by atoms with van der Waals surface area (Å²) in [6.45, 7) is 3.33. The number of carbonyl (C=O) groups is 1. The Balaban J connectivity index is 3.71. The summed E-state index contributed by atoms with van der Waals surface area (Å²) in [6, 6.07) is 0. The molecule has 0 aliphatic rings. The first-order chi connectivity index (χ1) is 6.74. The monoisotopic (exact) mass is 205 g/mol. The van der Waals surface area contributed by atoms with Crippen LogP contribution in [0.3, 0.4) is 0 Å². The number of rotatable bonds is 8. The number of hydrogen-bond acceptors (Lipinski definition) is 5. The molecule has 0 heterocycles. The van der Waals surface area contributed by atoms with Crippen LogP contribution < -0.4 is 0 Å².